The molecular weight excluding hydrogens is 199 g/mol. The fraction of sp³-hybridized carbons (Fsp3) is 0.125. The van der Waals surface area contributed by atoms with Gasteiger partial charge in [-0.25, -0.2) is 13.2 Å². The molecule has 1 nitrogen and oxygen atoms in total. The van der Waals surface area contributed by atoms with Crippen LogP contribution in [0.5, 0.6) is 0 Å². The maximum Gasteiger partial charge on any atom is 0.196 e. The van der Waals surface area contributed by atoms with Gasteiger partial charge in [-0.3, -0.25) is 0 Å². The van der Waals surface area contributed by atoms with Gasteiger partial charge in [0.05, 0.1) is 5.56 Å². The number of hydrogen-bond acceptors (Lipinski definition) is 2. The third kappa shape index (κ3) is 1.63. The van der Waals surface area contributed by atoms with Crippen LogP contribution in [0, 0.1) is 28.8 Å². The lowest BCUT2D eigenvalue weighted by Gasteiger charge is -2.02. The summed E-state index contributed by atoms with van der Waals surface area (Å²) < 4.78 is 38.3. The Morgan fingerprint density at radius 3 is 2.31 bits per heavy atom. The molecule has 0 aliphatic carbocycles. The Bertz CT molecular complexity index is 384. The van der Waals surface area contributed by atoms with E-state index in [9.17, 15) is 13.2 Å². The lowest BCUT2D eigenvalue weighted by atomic mass is 10.2. The Morgan fingerprint density at radius 1 is 1.23 bits per heavy atom. The van der Waals surface area contributed by atoms with Crippen molar-refractivity contribution in [3.8, 4) is 6.07 Å². The van der Waals surface area contributed by atoms with Crippen molar-refractivity contribution < 1.29 is 13.2 Å². The molecule has 0 aliphatic heterocycles. The highest BCUT2D eigenvalue weighted by Crippen LogP contribution is 2.25. The summed E-state index contributed by atoms with van der Waals surface area (Å²) in [7, 11) is 0. The van der Waals surface area contributed by atoms with Crippen LogP contribution in [0.25, 0.3) is 0 Å². The summed E-state index contributed by atoms with van der Waals surface area (Å²) in [4.78, 5) is -0.0737. The second kappa shape index (κ2) is 3.71. The van der Waals surface area contributed by atoms with E-state index in [1.165, 1.54) is 12.3 Å². The number of benzene rings is 1. The van der Waals surface area contributed by atoms with Crippen LogP contribution in [0.2, 0.25) is 0 Å². The summed E-state index contributed by atoms with van der Waals surface area (Å²) in [6.45, 7) is 0. The van der Waals surface area contributed by atoms with Gasteiger partial charge in [0.1, 0.15) is 6.07 Å². The van der Waals surface area contributed by atoms with Crippen LogP contribution in [0.3, 0.4) is 0 Å². The zero-order valence-corrected chi connectivity index (χ0v) is 7.38. The number of thioether (sulfide) groups is 1. The van der Waals surface area contributed by atoms with Gasteiger partial charge in [-0.1, -0.05) is 0 Å². The average Bonchev–Trinajstić information content (AvgIpc) is 2.15. The van der Waals surface area contributed by atoms with Gasteiger partial charge in [0.15, 0.2) is 17.5 Å². The van der Waals surface area contributed by atoms with Crippen molar-refractivity contribution in [2.24, 2.45) is 0 Å². The van der Waals surface area contributed by atoms with Gasteiger partial charge in [-0.2, -0.15) is 5.26 Å². The average molecular weight is 203 g/mol. The van der Waals surface area contributed by atoms with Crippen LogP contribution in [0.4, 0.5) is 13.2 Å². The van der Waals surface area contributed by atoms with Crippen LogP contribution in [-0.4, -0.2) is 6.26 Å². The molecule has 1 aromatic rings. The van der Waals surface area contributed by atoms with E-state index in [-0.39, 0.29) is 4.90 Å². The van der Waals surface area contributed by atoms with Crippen LogP contribution in [0.1, 0.15) is 5.56 Å². The molecule has 0 unspecified atom stereocenters. The van der Waals surface area contributed by atoms with Gasteiger partial charge in [0, 0.05) is 4.90 Å². The first kappa shape index (κ1) is 9.93. The van der Waals surface area contributed by atoms with Crippen LogP contribution in [0.15, 0.2) is 11.0 Å². The molecule has 13 heavy (non-hydrogen) atoms. The molecule has 0 saturated carbocycles. The van der Waals surface area contributed by atoms with Crippen LogP contribution >= 0.6 is 11.8 Å². The predicted octanol–water partition coefficient (Wildman–Crippen LogP) is 2.70. The molecule has 0 bridgehead atoms. The van der Waals surface area contributed by atoms with Gasteiger partial charge in [0.25, 0.3) is 0 Å². The number of hydrogen-bond donors (Lipinski definition) is 0. The fourth-order valence-electron chi connectivity index (χ4n) is 0.810. The monoisotopic (exact) mass is 203 g/mol. The molecule has 0 amide bonds. The van der Waals surface area contributed by atoms with Gasteiger partial charge < -0.3 is 0 Å². The van der Waals surface area contributed by atoms with Crippen molar-refractivity contribution in [3.05, 3.63) is 29.1 Å². The minimum Gasteiger partial charge on any atom is -0.202 e. The SMILES string of the molecule is CSc1cc(C#N)c(F)c(F)c1F. The smallest absolute Gasteiger partial charge is 0.196 e. The molecule has 0 radical (unpaired) electrons. The Hall–Kier alpha value is -1.15. The van der Waals surface area contributed by atoms with Crippen LogP contribution in [-0.2, 0) is 0 Å². The van der Waals surface area contributed by atoms with Gasteiger partial charge in [-0.05, 0) is 12.3 Å². The maximum absolute atomic E-state index is 12.8. The van der Waals surface area contributed by atoms with E-state index in [4.69, 9.17) is 5.26 Å². The highest BCUT2D eigenvalue weighted by Gasteiger charge is 2.17. The van der Waals surface area contributed by atoms with Gasteiger partial charge >= 0.3 is 0 Å². The molecule has 1 aromatic carbocycles. The van der Waals surface area contributed by atoms with E-state index in [1.807, 2.05) is 0 Å². The molecule has 0 fully saturated rings. The van der Waals surface area contributed by atoms with E-state index < -0.39 is 23.0 Å². The lowest BCUT2D eigenvalue weighted by Crippen LogP contribution is -1.96. The van der Waals surface area contributed by atoms with E-state index in [0.717, 1.165) is 17.8 Å². The Morgan fingerprint density at radius 2 is 1.85 bits per heavy atom. The summed E-state index contributed by atoms with van der Waals surface area (Å²) in [5.41, 5.74) is -0.483. The van der Waals surface area contributed by atoms with Crippen molar-refractivity contribution in [2.45, 2.75) is 4.90 Å². The Balaban J connectivity index is 3.48. The standard InChI is InChI=1S/C8H4F3NS/c1-13-5-2-4(3-12)6(9)8(11)7(5)10/h2H,1H3. The molecule has 0 spiro atoms. The number of nitriles is 1. The molecule has 1 rings (SSSR count). The minimum atomic E-state index is -1.59. The third-order valence-corrected chi connectivity index (χ3v) is 2.19. The number of halogens is 3. The first-order valence-corrected chi connectivity index (χ1v) is 4.46. The fourth-order valence-corrected chi connectivity index (χ4v) is 1.31. The maximum atomic E-state index is 12.8. The summed E-state index contributed by atoms with van der Waals surface area (Å²) >= 11 is 0.915. The topological polar surface area (TPSA) is 23.8 Å². The van der Waals surface area contributed by atoms with E-state index in [1.54, 1.807) is 0 Å². The van der Waals surface area contributed by atoms with Crippen molar-refractivity contribution in [2.75, 3.05) is 6.26 Å². The van der Waals surface area contributed by atoms with Crippen molar-refractivity contribution in [1.82, 2.24) is 0 Å². The van der Waals surface area contributed by atoms with Crippen LogP contribution < -0.4 is 0 Å². The number of rotatable bonds is 1. The van der Waals surface area contributed by atoms with Gasteiger partial charge in [0.2, 0.25) is 0 Å². The molecule has 0 saturated heterocycles. The van der Waals surface area contributed by atoms with Crippen molar-refractivity contribution >= 4 is 11.8 Å². The van der Waals surface area contributed by atoms with E-state index in [0.29, 0.717) is 0 Å². The molecule has 0 aromatic heterocycles. The first-order chi connectivity index (χ1) is 6.11. The summed E-state index contributed by atoms with van der Waals surface area (Å²) in [6.07, 6.45) is 1.51. The Kier molecular flexibility index (Phi) is 2.83. The van der Waals surface area contributed by atoms with E-state index >= 15 is 0 Å². The largest absolute Gasteiger partial charge is 0.202 e. The molecule has 0 atom stereocenters. The molecule has 0 heterocycles. The summed E-state index contributed by atoms with van der Waals surface area (Å²) in [5, 5.41) is 8.37. The third-order valence-electron chi connectivity index (χ3n) is 1.45. The minimum absolute atomic E-state index is 0.0737. The summed E-state index contributed by atoms with van der Waals surface area (Å²) in [5.74, 6) is -4.27. The highest BCUT2D eigenvalue weighted by atomic mass is 32.2. The molecule has 0 aliphatic rings. The predicted molar refractivity (Wildman–Crippen MR) is 42.8 cm³/mol. The normalized spacial score (nSPS) is 9.77. The number of nitrogens with zero attached hydrogens (tertiary/aromatic N) is 1. The first-order valence-electron chi connectivity index (χ1n) is 3.23. The Labute approximate surface area is 77.2 Å². The van der Waals surface area contributed by atoms with E-state index in [2.05, 4.69) is 0 Å². The molecule has 68 valence electrons. The van der Waals surface area contributed by atoms with Crippen molar-refractivity contribution in [1.29, 1.82) is 5.26 Å². The van der Waals surface area contributed by atoms with Gasteiger partial charge in [-0.15, -0.1) is 11.8 Å². The quantitative estimate of drug-likeness (QED) is 0.517. The second-order valence-electron chi connectivity index (χ2n) is 2.18. The molecule has 5 heteroatoms. The zero-order valence-electron chi connectivity index (χ0n) is 6.57. The zero-order chi connectivity index (χ0) is 10.0. The highest BCUT2D eigenvalue weighted by molar-refractivity contribution is 7.98. The summed E-state index contributed by atoms with van der Waals surface area (Å²) in [6, 6.07) is 2.43. The van der Waals surface area contributed by atoms with Crippen molar-refractivity contribution in [3.63, 3.8) is 0 Å². The molecular formula is C8H4F3NS. The second-order valence-corrected chi connectivity index (χ2v) is 3.03. The molecule has 0 N–H and O–H groups in total. The lowest BCUT2D eigenvalue weighted by molar-refractivity contribution is 0.434.